The zero-order chi connectivity index (χ0) is 22.1. The van der Waals surface area contributed by atoms with Crippen molar-refractivity contribution in [3.63, 3.8) is 0 Å². The standard InChI is InChI=1S/C26H19N3O3/c30-24-21(25(31)29(26(32)28-24)16-17-9-3-1-4-10-17)15-20-19-13-7-8-14-22(19)27-23(20)18-11-5-2-6-12-18/h1-15,31H,16H2,(H,28,30,32). The van der Waals surface area contributed by atoms with Crippen LogP contribution in [-0.2, 0) is 6.54 Å². The van der Waals surface area contributed by atoms with Crippen molar-refractivity contribution in [1.82, 2.24) is 9.55 Å². The van der Waals surface area contributed by atoms with Gasteiger partial charge in [0, 0.05) is 16.7 Å². The predicted octanol–water partition coefficient (Wildman–Crippen LogP) is 3.97. The van der Waals surface area contributed by atoms with E-state index in [-0.39, 0.29) is 18.0 Å². The number of rotatable bonds is 4. The van der Waals surface area contributed by atoms with Crippen LogP contribution in [-0.4, -0.2) is 20.4 Å². The number of fused-ring (bicyclic) bond motifs is 1. The van der Waals surface area contributed by atoms with Crippen LogP contribution < -0.4 is 11.2 Å². The topological polar surface area (TPSA) is 87.5 Å². The average molecular weight is 421 g/mol. The minimum absolute atomic E-state index is 0.0101. The number of nitrogens with one attached hydrogen (secondary N) is 1. The summed E-state index contributed by atoms with van der Waals surface area (Å²) < 4.78 is 1.16. The fraction of sp³-hybridized carbons (Fsp3) is 0.0385. The van der Waals surface area contributed by atoms with Crippen LogP contribution in [0.3, 0.4) is 0 Å². The Kier molecular flexibility index (Phi) is 4.88. The Hall–Kier alpha value is -4.45. The number of hydrogen-bond donors (Lipinski definition) is 2. The van der Waals surface area contributed by atoms with Crippen LogP contribution in [0.15, 0.2) is 99.5 Å². The minimum atomic E-state index is -0.665. The molecule has 3 aromatic carbocycles. The molecule has 6 nitrogen and oxygen atoms in total. The van der Waals surface area contributed by atoms with E-state index < -0.39 is 11.2 Å². The van der Waals surface area contributed by atoms with Crippen molar-refractivity contribution < 1.29 is 5.11 Å². The van der Waals surface area contributed by atoms with Crippen LogP contribution >= 0.6 is 0 Å². The summed E-state index contributed by atoms with van der Waals surface area (Å²) in [5.41, 5.74) is 3.46. The molecule has 0 fully saturated rings. The van der Waals surface area contributed by atoms with Gasteiger partial charge in [-0.1, -0.05) is 78.9 Å². The van der Waals surface area contributed by atoms with E-state index >= 15 is 0 Å². The molecule has 0 spiro atoms. The maximum Gasteiger partial charge on any atom is 0.331 e. The van der Waals surface area contributed by atoms with E-state index in [0.717, 1.165) is 26.9 Å². The highest BCUT2D eigenvalue weighted by Crippen LogP contribution is 2.38. The molecule has 0 amide bonds. The Labute approximate surface area is 183 Å². The van der Waals surface area contributed by atoms with E-state index in [1.165, 1.54) is 0 Å². The van der Waals surface area contributed by atoms with Crippen LogP contribution in [0.5, 0.6) is 5.88 Å². The third-order valence-electron chi connectivity index (χ3n) is 5.41. The van der Waals surface area contributed by atoms with E-state index in [2.05, 4.69) is 4.98 Å². The van der Waals surface area contributed by atoms with Gasteiger partial charge in [-0.15, -0.1) is 0 Å². The third-order valence-corrected chi connectivity index (χ3v) is 5.41. The van der Waals surface area contributed by atoms with E-state index in [1.807, 2.05) is 84.9 Å². The second-order valence-corrected chi connectivity index (χ2v) is 7.47. The normalized spacial score (nSPS) is 13.8. The van der Waals surface area contributed by atoms with Gasteiger partial charge in [-0.2, -0.15) is 0 Å². The number of aliphatic imine (C=N–C) groups is 1. The van der Waals surface area contributed by atoms with Gasteiger partial charge in [0.25, 0.3) is 5.56 Å². The summed E-state index contributed by atoms with van der Waals surface area (Å²) in [6.45, 7) is 0.134. The molecule has 6 heteroatoms. The highest BCUT2D eigenvalue weighted by Gasteiger charge is 2.23. The molecule has 0 unspecified atom stereocenters. The molecule has 1 aliphatic rings. The largest absolute Gasteiger partial charge is 0.494 e. The van der Waals surface area contributed by atoms with Crippen molar-refractivity contribution >= 4 is 23.0 Å². The fourth-order valence-electron chi connectivity index (χ4n) is 3.83. The second-order valence-electron chi connectivity index (χ2n) is 7.47. The first-order valence-corrected chi connectivity index (χ1v) is 10.2. The summed E-state index contributed by atoms with van der Waals surface area (Å²) in [5, 5.41) is 10.9. The summed E-state index contributed by atoms with van der Waals surface area (Å²) in [6, 6.07) is 26.5. The first kappa shape index (κ1) is 19.5. The molecule has 0 saturated heterocycles. The van der Waals surface area contributed by atoms with E-state index in [9.17, 15) is 14.7 Å². The lowest BCUT2D eigenvalue weighted by molar-refractivity contribution is 0.408. The van der Waals surface area contributed by atoms with Gasteiger partial charge in [0.05, 0.1) is 17.9 Å². The Balaban J connectivity index is 1.68. The molecule has 0 saturated carbocycles. The molecule has 0 atom stereocenters. The molecule has 4 aromatic rings. The molecule has 1 aliphatic heterocycles. The van der Waals surface area contributed by atoms with Crippen molar-refractivity contribution in [2.45, 2.75) is 6.54 Å². The van der Waals surface area contributed by atoms with Gasteiger partial charge in [0.1, 0.15) is 5.56 Å². The van der Waals surface area contributed by atoms with Crippen LogP contribution in [0, 0.1) is 0 Å². The quantitative estimate of drug-likeness (QED) is 0.523. The van der Waals surface area contributed by atoms with Gasteiger partial charge in [-0.05, 0) is 17.7 Å². The molecule has 1 aromatic heterocycles. The molecule has 0 radical (unpaired) electrons. The second kappa shape index (κ2) is 8.00. The number of para-hydroxylation sites is 1. The first-order chi connectivity index (χ1) is 15.6. The molecular formula is C26H19N3O3. The smallest absolute Gasteiger partial charge is 0.331 e. The summed E-state index contributed by atoms with van der Waals surface area (Å²) in [7, 11) is 0. The van der Waals surface area contributed by atoms with Crippen molar-refractivity contribution in [3.8, 4) is 5.88 Å². The third kappa shape index (κ3) is 3.48. The lowest BCUT2D eigenvalue weighted by atomic mass is 9.96. The zero-order valence-corrected chi connectivity index (χ0v) is 17.0. The van der Waals surface area contributed by atoms with Crippen LogP contribution in [0.25, 0.3) is 11.6 Å². The van der Waals surface area contributed by atoms with Crippen molar-refractivity contribution in [1.29, 1.82) is 0 Å². The number of nitrogens with zero attached hydrogens (tertiary/aromatic N) is 2. The highest BCUT2D eigenvalue weighted by atomic mass is 16.3. The Bertz CT molecular complexity index is 1480. The van der Waals surface area contributed by atoms with Gasteiger partial charge in [0.15, 0.2) is 0 Å². The SMILES string of the molecule is O=c1[nH]c(=O)n(Cc2ccccc2)c(O)c1C=C1C(c2ccccc2)=Nc2ccccc21. The maximum absolute atomic E-state index is 12.7. The van der Waals surface area contributed by atoms with Gasteiger partial charge in [-0.25, -0.2) is 9.79 Å². The van der Waals surface area contributed by atoms with Crippen LogP contribution in [0.4, 0.5) is 5.69 Å². The lowest BCUT2D eigenvalue weighted by Crippen LogP contribution is -2.31. The fourth-order valence-corrected chi connectivity index (χ4v) is 3.83. The summed E-state index contributed by atoms with van der Waals surface area (Å²) >= 11 is 0. The highest BCUT2D eigenvalue weighted by molar-refractivity contribution is 6.39. The van der Waals surface area contributed by atoms with E-state index in [1.54, 1.807) is 6.08 Å². The summed E-state index contributed by atoms with van der Waals surface area (Å²) in [5.74, 6) is -0.383. The molecule has 0 aliphatic carbocycles. The number of aromatic hydroxyl groups is 1. The zero-order valence-electron chi connectivity index (χ0n) is 17.0. The molecule has 5 rings (SSSR count). The summed E-state index contributed by atoms with van der Waals surface area (Å²) in [4.78, 5) is 32.2. The van der Waals surface area contributed by atoms with E-state index in [0.29, 0.717) is 11.3 Å². The number of hydrogen-bond acceptors (Lipinski definition) is 4. The van der Waals surface area contributed by atoms with Crippen LogP contribution in [0.1, 0.15) is 22.3 Å². The van der Waals surface area contributed by atoms with Crippen molar-refractivity contribution in [2.75, 3.05) is 0 Å². The monoisotopic (exact) mass is 421 g/mol. The van der Waals surface area contributed by atoms with Gasteiger partial charge >= 0.3 is 5.69 Å². The number of allylic oxidation sites excluding steroid dienone is 1. The molecule has 2 heterocycles. The molecular weight excluding hydrogens is 402 g/mol. The molecule has 32 heavy (non-hydrogen) atoms. The van der Waals surface area contributed by atoms with Crippen molar-refractivity contribution in [3.05, 3.63) is 128 Å². The van der Waals surface area contributed by atoms with Gasteiger partial charge in [-0.3, -0.25) is 14.3 Å². The Morgan fingerprint density at radius 1 is 0.875 bits per heavy atom. The van der Waals surface area contributed by atoms with Gasteiger partial charge in [0.2, 0.25) is 5.88 Å². The first-order valence-electron chi connectivity index (χ1n) is 10.2. The Morgan fingerprint density at radius 3 is 2.28 bits per heavy atom. The van der Waals surface area contributed by atoms with Gasteiger partial charge < -0.3 is 5.11 Å². The number of benzene rings is 3. The maximum atomic E-state index is 12.7. The summed E-state index contributed by atoms with van der Waals surface area (Å²) in [6.07, 6.45) is 1.60. The Morgan fingerprint density at radius 2 is 1.53 bits per heavy atom. The number of H-pyrrole nitrogens is 1. The lowest BCUT2D eigenvalue weighted by Gasteiger charge is -2.11. The predicted molar refractivity (Wildman–Crippen MR) is 125 cm³/mol. The molecule has 156 valence electrons. The molecule has 2 N–H and O–H groups in total. The molecule has 0 bridgehead atoms. The van der Waals surface area contributed by atoms with E-state index in [4.69, 9.17) is 4.99 Å². The number of aromatic amines is 1. The van der Waals surface area contributed by atoms with Crippen molar-refractivity contribution in [2.24, 2.45) is 4.99 Å². The number of aromatic nitrogens is 2. The minimum Gasteiger partial charge on any atom is -0.494 e. The average Bonchev–Trinajstić information content (AvgIpc) is 3.19. The van der Waals surface area contributed by atoms with Crippen LogP contribution in [0.2, 0.25) is 0 Å².